The number of aromatic nitrogens is 1. The minimum Gasteiger partial charge on any atom is -0.329 e. The van der Waals surface area contributed by atoms with Crippen LogP contribution in [0.5, 0.6) is 0 Å². The number of aryl methyl sites for hydroxylation is 1. The predicted molar refractivity (Wildman–Crippen MR) is 60.6 cm³/mol. The van der Waals surface area contributed by atoms with E-state index in [4.69, 9.17) is 5.41 Å². The summed E-state index contributed by atoms with van der Waals surface area (Å²) in [4.78, 5) is 0. The second-order valence-corrected chi connectivity index (χ2v) is 3.65. The highest BCUT2D eigenvalue weighted by Gasteiger charge is 1.96. The van der Waals surface area contributed by atoms with Crippen molar-refractivity contribution in [3.8, 4) is 0 Å². The Morgan fingerprint density at radius 1 is 1.07 bits per heavy atom. The van der Waals surface area contributed by atoms with Gasteiger partial charge in [-0.3, -0.25) is 5.41 Å². The fraction of sp³-hybridized carbons (Fsp3) is 0.154. The average molecular weight is 198 g/mol. The van der Waals surface area contributed by atoms with Crippen LogP contribution in [-0.2, 0) is 6.54 Å². The van der Waals surface area contributed by atoms with E-state index in [-0.39, 0.29) is 0 Å². The molecule has 0 aliphatic heterocycles. The molecule has 0 unspecified atom stereocenters. The van der Waals surface area contributed by atoms with Gasteiger partial charge in [0.1, 0.15) is 5.49 Å². The third kappa shape index (κ3) is 2.15. The van der Waals surface area contributed by atoms with E-state index in [0.717, 1.165) is 12.1 Å². The van der Waals surface area contributed by atoms with Gasteiger partial charge in [-0.1, -0.05) is 36.4 Å². The second kappa shape index (κ2) is 4.13. The molecule has 2 nitrogen and oxygen atoms in total. The SMILES string of the molecule is Cc1cccn(Cc2ccccc2)c1=N. The van der Waals surface area contributed by atoms with Crippen LogP contribution >= 0.6 is 0 Å². The van der Waals surface area contributed by atoms with Gasteiger partial charge in [0.25, 0.3) is 0 Å². The molecule has 0 spiro atoms. The molecule has 0 saturated carbocycles. The van der Waals surface area contributed by atoms with E-state index in [1.165, 1.54) is 5.56 Å². The lowest BCUT2D eigenvalue weighted by atomic mass is 10.2. The summed E-state index contributed by atoms with van der Waals surface area (Å²) in [6.07, 6.45) is 1.95. The molecule has 0 fully saturated rings. The van der Waals surface area contributed by atoms with Crippen LogP contribution < -0.4 is 5.49 Å². The Labute approximate surface area is 89.3 Å². The fourth-order valence-corrected chi connectivity index (χ4v) is 1.58. The van der Waals surface area contributed by atoms with Crippen molar-refractivity contribution >= 4 is 0 Å². The first-order valence-electron chi connectivity index (χ1n) is 5.02. The minimum atomic E-state index is 0.585. The molecule has 1 N–H and O–H groups in total. The van der Waals surface area contributed by atoms with Gasteiger partial charge in [0.2, 0.25) is 0 Å². The molecule has 1 heterocycles. The van der Waals surface area contributed by atoms with Gasteiger partial charge in [0.15, 0.2) is 0 Å². The normalized spacial score (nSPS) is 10.2. The number of pyridine rings is 1. The largest absolute Gasteiger partial charge is 0.329 e. The van der Waals surface area contributed by atoms with Crippen molar-refractivity contribution in [3.05, 3.63) is 65.3 Å². The van der Waals surface area contributed by atoms with Gasteiger partial charge in [-0.2, -0.15) is 0 Å². The maximum Gasteiger partial charge on any atom is 0.127 e. The first-order valence-corrected chi connectivity index (χ1v) is 5.02. The van der Waals surface area contributed by atoms with Crippen LogP contribution in [0, 0.1) is 12.3 Å². The van der Waals surface area contributed by atoms with Crippen molar-refractivity contribution in [3.63, 3.8) is 0 Å². The van der Waals surface area contributed by atoms with Crippen molar-refractivity contribution in [2.45, 2.75) is 13.5 Å². The smallest absolute Gasteiger partial charge is 0.127 e. The number of rotatable bonds is 2. The summed E-state index contributed by atoms with van der Waals surface area (Å²) in [6, 6.07) is 14.2. The molecule has 76 valence electrons. The zero-order chi connectivity index (χ0) is 10.7. The Morgan fingerprint density at radius 2 is 1.80 bits per heavy atom. The van der Waals surface area contributed by atoms with E-state index in [9.17, 15) is 0 Å². The lowest BCUT2D eigenvalue weighted by molar-refractivity contribution is 0.723. The summed E-state index contributed by atoms with van der Waals surface area (Å²) in [5.41, 5.74) is 2.82. The van der Waals surface area contributed by atoms with E-state index < -0.39 is 0 Å². The molecule has 1 aromatic carbocycles. The number of hydrogen-bond donors (Lipinski definition) is 1. The van der Waals surface area contributed by atoms with Gasteiger partial charge < -0.3 is 4.57 Å². The van der Waals surface area contributed by atoms with E-state index in [0.29, 0.717) is 5.49 Å². The van der Waals surface area contributed by atoms with Gasteiger partial charge >= 0.3 is 0 Å². The molecule has 0 radical (unpaired) electrons. The fourth-order valence-electron chi connectivity index (χ4n) is 1.58. The summed E-state index contributed by atoms with van der Waals surface area (Å²) in [5.74, 6) is 0. The van der Waals surface area contributed by atoms with Crippen molar-refractivity contribution in [2.75, 3.05) is 0 Å². The Bertz CT molecular complexity index is 497. The molecule has 0 aliphatic rings. The van der Waals surface area contributed by atoms with Gasteiger partial charge in [0.05, 0.1) is 0 Å². The maximum atomic E-state index is 7.91. The van der Waals surface area contributed by atoms with Crippen molar-refractivity contribution in [2.24, 2.45) is 0 Å². The van der Waals surface area contributed by atoms with Crippen molar-refractivity contribution in [1.29, 1.82) is 5.41 Å². The van der Waals surface area contributed by atoms with Crippen LogP contribution in [0.25, 0.3) is 0 Å². The topological polar surface area (TPSA) is 28.8 Å². The van der Waals surface area contributed by atoms with Crippen LogP contribution in [0.3, 0.4) is 0 Å². The third-order valence-electron chi connectivity index (χ3n) is 2.47. The van der Waals surface area contributed by atoms with Crippen LogP contribution in [0.4, 0.5) is 0 Å². The summed E-state index contributed by atoms with van der Waals surface area (Å²) < 4.78 is 1.95. The maximum absolute atomic E-state index is 7.91. The van der Waals surface area contributed by atoms with Gasteiger partial charge in [-0.15, -0.1) is 0 Å². The Hall–Kier alpha value is -1.83. The molecular formula is C13H14N2. The lowest BCUT2D eigenvalue weighted by Gasteiger charge is -2.07. The number of hydrogen-bond acceptors (Lipinski definition) is 1. The summed E-state index contributed by atoms with van der Waals surface area (Å²) in [5, 5.41) is 7.91. The summed E-state index contributed by atoms with van der Waals surface area (Å²) in [6.45, 7) is 2.73. The highest BCUT2D eigenvalue weighted by Crippen LogP contribution is 2.00. The molecule has 0 amide bonds. The Morgan fingerprint density at radius 3 is 2.53 bits per heavy atom. The first-order chi connectivity index (χ1) is 7.27. The standard InChI is InChI=1S/C13H14N2/c1-11-6-5-9-15(13(11)14)10-12-7-3-2-4-8-12/h2-9,14H,10H2,1H3. The molecule has 0 aliphatic carbocycles. The van der Waals surface area contributed by atoms with Gasteiger partial charge in [-0.05, 0) is 24.1 Å². The van der Waals surface area contributed by atoms with Crippen LogP contribution in [-0.4, -0.2) is 4.57 Å². The third-order valence-corrected chi connectivity index (χ3v) is 2.47. The molecule has 0 saturated heterocycles. The van der Waals surface area contributed by atoms with Crippen molar-refractivity contribution in [1.82, 2.24) is 4.57 Å². The molecule has 0 bridgehead atoms. The highest BCUT2D eigenvalue weighted by molar-refractivity contribution is 5.16. The minimum absolute atomic E-state index is 0.585. The number of nitrogens with one attached hydrogen (secondary N) is 1. The summed E-state index contributed by atoms with van der Waals surface area (Å²) >= 11 is 0. The molecule has 15 heavy (non-hydrogen) atoms. The zero-order valence-corrected chi connectivity index (χ0v) is 8.77. The number of benzene rings is 1. The van der Waals surface area contributed by atoms with Gasteiger partial charge in [0, 0.05) is 12.7 Å². The van der Waals surface area contributed by atoms with Gasteiger partial charge in [-0.25, -0.2) is 0 Å². The second-order valence-electron chi connectivity index (χ2n) is 3.65. The monoisotopic (exact) mass is 198 g/mol. The lowest BCUT2D eigenvalue weighted by Crippen LogP contribution is -2.21. The van der Waals surface area contributed by atoms with E-state index in [2.05, 4.69) is 12.1 Å². The summed E-state index contributed by atoms with van der Waals surface area (Å²) in [7, 11) is 0. The Balaban J connectivity index is 2.33. The number of nitrogens with zero attached hydrogens (tertiary/aromatic N) is 1. The highest BCUT2D eigenvalue weighted by atomic mass is 15.0. The molecule has 2 rings (SSSR count). The van der Waals surface area contributed by atoms with Crippen LogP contribution in [0.15, 0.2) is 48.7 Å². The first kappa shape index (κ1) is 9.71. The van der Waals surface area contributed by atoms with Crippen LogP contribution in [0.2, 0.25) is 0 Å². The van der Waals surface area contributed by atoms with Crippen LogP contribution in [0.1, 0.15) is 11.1 Å². The molecule has 2 heteroatoms. The molecule has 1 aromatic heterocycles. The zero-order valence-electron chi connectivity index (χ0n) is 8.77. The molecule has 2 aromatic rings. The van der Waals surface area contributed by atoms with E-state index >= 15 is 0 Å². The van der Waals surface area contributed by atoms with E-state index in [1.807, 2.05) is 48.0 Å². The predicted octanol–water partition coefficient (Wildman–Crippen LogP) is 2.32. The molecular weight excluding hydrogens is 184 g/mol. The van der Waals surface area contributed by atoms with Crippen molar-refractivity contribution < 1.29 is 0 Å². The van der Waals surface area contributed by atoms with E-state index in [1.54, 1.807) is 0 Å². The Kier molecular flexibility index (Phi) is 2.68. The average Bonchev–Trinajstić information content (AvgIpc) is 2.26. The molecule has 0 atom stereocenters. The quantitative estimate of drug-likeness (QED) is 0.767.